The Balaban J connectivity index is 1.82. The minimum absolute atomic E-state index is 0.112. The van der Waals surface area contributed by atoms with Gasteiger partial charge in [0, 0.05) is 11.4 Å². The van der Waals surface area contributed by atoms with Crippen LogP contribution in [0.4, 0.5) is 28.7 Å². The van der Waals surface area contributed by atoms with Crippen molar-refractivity contribution in [3.8, 4) is 5.75 Å². The third kappa shape index (κ3) is 5.22. The van der Waals surface area contributed by atoms with Crippen LogP contribution in [0.5, 0.6) is 5.75 Å². The zero-order valence-electron chi connectivity index (χ0n) is 17.3. The van der Waals surface area contributed by atoms with Crippen molar-refractivity contribution in [2.75, 3.05) is 17.2 Å². The van der Waals surface area contributed by atoms with E-state index in [9.17, 15) is 10.1 Å². The third-order valence-electron chi connectivity index (χ3n) is 4.66. The van der Waals surface area contributed by atoms with Gasteiger partial charge in [0.05, 0.1) is 11.5 Å². The maximum Gasteiger partial charge on any atom is 0.353 e. The molecule has 0 aliphatic carbocycles. The molecule has 2 aromatic carbocycles. The van der Waals surface area contributed by atoms with E-state index in [4.69, 9.17) is 4.74 Å². The third-order valence-corrected chi connectivity index (χ3v) is 4.66. The fourth-order valence-electron chi connectivity index (χ4n) is 2.80. The molecule has 0 bridgehead atoms. The number of nitro groups is 1. The number of unbranched alkanes of at least 4 members (excludes halogenated alkanes) is 1. The van der Waals surface area contributed by atoms with Crippen molar-refractivity contribution in [1.29, 1.82) is 0 Å². The molecule has 0 amide bonds. The average molecular weight is 407 g/mol. The Kier molecular flexibility index (Phi) is 6.79. The Morgan fingerprint density at radius 2 is 1.60 bits per heavy atom. The Labute approximate surface area is 175 Å². The standard InChI is InChI=1S/C22H25N5O3/c1-4-5-12-30-19-10-8-17(9-11-19)25-21-20(27(28)29)22(24-14-23-21)26-18-7-6-15(2)16(3)13-18/h6-11,13-14H,4-5,12H2,1-3H3,(H2,23,24,25,26). The van der Waals surface area contributed by atoms with Crippen molar-refractivity contribution >= 4 is 28.7 Å². The minimum Gasteiger partial charge on any atom is -0.494 e. The summed E-state index contributed by atoms with van der Waals surface area (Å²) in [4.78, 5) is 19.4. The first kappa shape index (κ1) is 21.0. The second-order valence-electron chi connectivity index (χ2n) is 6.95. The van der Waals surface area contributed by atoms with Crippen LogP contribution < -0.4 is 15.4 Å². The van der Waals surface area contributed by atoms with E-state index in [1.807, 2.05) is 44.2 Å². The van der Waals surface area contributed by atoms with Crippen LogP contribution in [0.15, 0.2) is 48.8 Å². The minimum atomic E-state index is -0.492. The molecular formula is C22H25N5O3. The first-order chi connectivity index (χ1) is 14.5. The molecule has 2 N–H and O–H groups in total. The summed E-state index contributed by atoms with van der Waals surface area (Å²) in [6, 6.07) is 13.0. The van der Waals surface area contributed by atoms with Crippen LogP contribution in [0.3, 0.4) is 0 Å². The van der Waals surface area contributed by atoms with Gasteiger partial charge in [-0.15, -0.1) is 0 Å². The van der Waals surface area contributed by atoms with E-state index in [1.165, 1.54) is 6.33 Å². The lowest BCUT2D eigenvalue weighted by atomic mass is 10.1. The van der Waals surface area contributed by atoms with Gasteiger partial charge in [0.15, 0.2) is 0 Å². The van der Waals surface area contributed by atoms with Crippen LogP contribution in [0.25, 0.3) is 0 Å². The van der Waals surface area contributed by atoms with E-state index >= 15 is 0 Å². The Morgan fingerprint density at radius 1 is 0.967 bits per heavy atom. The van der Waals surface area contributed by atoms with E-state index in [-0.39, 0.29) is 17.3 Å². The number of benzene rings is 2. The van der Waals surface area contributed by atoms with Crippen LogP contribution in [0.1, 0.15) is 30.9 Å². The molecule has 0 aliphatic heterocycles. The van der Waals surface area contributed by atoms with Crippen molar-refractivity contribution in [3.63, 3.8) is 0 Å². The van der Waals surface area contributed by atoms with Gasteiger partial charge in [-0.2, -0.15) is 0 Å². The molecule has 1 heterocycles. The van der Waals surface area contributed by atoms with E-state index in [0.29, 0.717) is 12.3 Å². The Bertz CT molecular complexity index is 1020. The molecule has 3 aromatic rings. The maximum absolute atomic E-state index is 11.8. The fraction of sp³-hybridized carbons (Fsp3) is 0.273. The summed E-state index contributed by atoms with van der Waals surface area (Å²) in [7, 11) is 0. The quantitative estimate of drug-likeness (QED) is 0.268. The van der Waals surface area contributed by atoms with Gasteiger partial charge < -0.3 is 15.4 Å². The monoisotopic (exact) mass is 407 g/mol. The summed E-state index contributed by atoms with van der Waals surface area (Å²) in [5, 5.41) is 17.8. The van der Waals surface area contributed by atoms with Gasteiger partial charge in [0.25, 0.3) is 0 Å². The fourth-order valence-corrected chi connectivity index (χ4v) is 2.80. The molecule has 0 spiro atoms. The molecule has 30 heavy (non-hydrogen) atoms. The lowest BCUT2D eigenvalue weighted by molar-refractivity contribution is -0.383. The number of hydrogen-bond acceptors (Lipinski definition) is 7. The molecule has 0 saturated carbocycles. The summed E-state index contributed by atoms with van der Waals surface area (Å²) in [5.41, 5.74) is 3.38. The van der Waals surface area contributed by atoms with Crippen LogP contribution in [-0.2, 0) is 0 Å². The summed E-state index contributed by atoms with van der Waals surface area (Å²) >= 11 is 0. The number of rotatable bonds is 9. The van der Waals surface area contributed by atoms with E-state index in [2.05, 4.69) is 27.5 Å². The van der Waals surface area contributed by atoms with Crippen molar-refractivity contribution in [1.82, 2.24) is 9.97 Å². The summed E-state index contributed by atoms with van der Waals surface area (Å²) < 4.78 is 5.65. The molecule has 156 valence electrons. The molecule has 0 fully saturated rings. The van der Waals surface area contributed by atoms with Gasteiger partial charge in [-0.05, 0) is 67.8 Å². The molecule has 8 nitrogen and oxygen atoms in total. The maximum atomic E-state index is 11.8. The highest BCUT2D eigenvalue weighted by molar-refractivity contribution is 5.77. The molecular weight excluding hydrogens is 382 g/mol. The molecule has 0 atom stereocenters. The zero-order chi connectivity index (χ0) is 21.5. The Morgan fingerprint density at radius 3 is 2.20 bits per heavy atom. The molecule has 3 rings (SSSR count). The highest BCUT2D eigenvalue weighted by Crippen LogP contribution is 2.33. The van der Waals surface area contributed by atoms with Gasteiger partial charge in [-0.25, -0.2) is 9.97 Å². The second-order valence-corrected chi connectivity index (χ2v) is 6.95. The predicted molar refractivity (Wildman–Crippen MR) is 118 cm³/mol. The molecule has 1 aromatic heterocycles. The molecule has 0 saturated heterocycles. The van der Waals surface area contributed by atoms with Crippen molar-refractivity contribution in [2.24, 2.45) is 0 Å². The lowest BCUT2D eigenvalue weighted by Crippen LogP contribution is -2.05. The second kappa shape index (κ2) is 9.69. The SMILES string of the molecule is CCCCOc1ccc(Nc2ncnc(Nc3ccc(C)c(C)c3)c2[N+](=O)[O-])cc1. The first-order valence-electron chi connectivity index (χ1n) is 9.81. The topological polar surface area (TPSA) is 102 Å². The number of ether oxygens (including phenoxy) is 1. The van der Waals surface area contributed by atoms with Gasteiger partial charge >= 0.3 is 5.69 Å². The number of aryl methyl sites for hydroxylation is 2. The van der Waals surface area contributed by atoms with E-state index < -0.39 is 4.92 Å². The number of nitrogens with one attached hydrogen (secondary N) is 2. The number of nitrogens with zero attached hydrogens (tertiary/aromatic N) is 3. The van der Waals surface area contributed by atoms with Crippen molar-refractivity contribution in [2.45, 2.75) is 33.6 Å². The molecule has 0 radical (unpaired) electrons. The highest BCUT2D eigenvalue weighted by atomic mass is 16.6. The van der Waals surface area contributed by atoms with Crippen LogP contribution in [0, 0.1) is 24.0 Å². The normalized spacial score (nSPS) is 10.5. The van der Waals surface area contributed by atoms with E-state index in [0.717, 1.165) is 35.4 Å². The zero-order valence-corrected chi connectivity index (χ0v) is 17.3. The van der Waals surface area contributed by atoms with Crippen molar-refractivity contribution < 1.29 is 9.66 Å². The average Bonchev–Trinajstić information content (AvgIpc) is 2.72. The number of aromatic nitrogens is 2. The smallest absolute Gasteiger partial charge is 0.353 e. The molecule has 0 unspecified atom stereocenters. The van der Waals surface area contributed by atoms with E-state index in [1.54, 1.807) is 12.1 Å². The summed E-state index contributed by atoms with van der Waals surface area (Å²) in [6.07, 6.45) is 3.35. The van der Waals surface area contributed by atoms with Gasteiger partial charge in [-0.1, -0.05) is 19.4 Å². The van der Waals surface area contributed by atoms with Gasteiger partial charge in [0.1, 0.15) is 12.1 Å². The van der Waals surface area contributed by atoms with Gasteiger partial charge in [-0.3, -0.25) is 10.1 Å². The van der Waals surface area contributed by atoms with Crippen LogP contribution in [0.2, 0.25) is 0 Å². The van der Waals surface area contributed by atoms with Gasteiger partial charge in [0.2, 0.25) is 11.6 Å². The predicted octanol–water partition coefficient (Wildman–Crippen LogP) is 5.67. The van der Waals surface area contributed by atoms with Crippen LogP contribution >= 0.6 is 0 Å². The lowest BCUT2D eigenvalue weighted by Gasteiger charge is -2.11. The largest absolute Gasteiger partial charge is 0.494 e. The highest BCUT2D eigenvalue weighted by Gasteiger charge is 2.23. The molecule has 0 aliphatic rings. The number of hydrogen-bond donors (Lipinski definition) is 2. The number of anilines is 4. The molecule has 8 heteroatoms. The Hall–Kier alpha value is -3.68. The summed E-state index contributed by atoms with van der Waals surface area (Å²) in [6.45, 7) is 6.76. The van der Waals surface area contributed by atoms with Crippen molar-refractivity contribution in [3.05, 3.63) is 70.0 Å². The summed E-state index contributed by atoms with van der Waals surface area (Å²) in [5.74, 6) is 0.990. The first-order valence-corrected chi connectivity index (χ1v) is 9.81. The van der Waals surface area contributed by atoms with Crippen LogP contribution in [-0.4, -0.2) is 21.5 Å².